The van der Waals surface area contributed by atoms with E-state index in [9.17, 15) is 18.5 Å². The fourth-order valence-electron chi connectivity index (χ4n) is 1.95. The molecule has 0 radical (unpaired) electrons. The standard InChI is InChI=1S/C10H13N3O4S/c1-7-9(13(14)15)2-3-10(11-7)12-8-4-5-18(16,17)6-8/h2-3,8H,4-6H2,1H3,(H,11,12). The zero-order valence-corrected chi connectivity index (χ0v) is 10.6. The summed E-state index contributed by atoms with van der Waals surface area (Å²) < 4.78 is 22.6. The maximum Gasteiger partial charge on any atom is 0.290 e. The van der Waals surface area contributed by atoms with E-state index in [-0.39, 0.29) is 23.2 Å². The molecule has 0 saturated carbocycles. The van der Waals surface area contributed by atoms with Gasteiger partial charge in [-0.2, -0.15) is 0 Å². The van der Waals surface area contributed by atoms with Gasteiger partial charge in [0.25, 0.3) is 5.69 Å². The number of aromatic nitrogens is 1. The van der Waals surface area contributed by atoms with E-state index in [1.165, 1.54) is 12.1 Å². The molecule has 2 heterocycles. The van der Waals surface area contributed by atoms with Crippen LogP contribution in [0.1, 0.15) is 12.1 Å². The molecule has 1 aliphatic heterocycles. The van der Waals surface area contributed by atoms with Crippen LogP contribution in [-0.4, -0.2) is 35.9 Å². The number of aryl methyl sites for hydroxylation is 1. The van der Waals surface area contributed by atoms with E-state index in [1.54, 1.807) is 6.92 Å². The topological polar surface area (TPSA) is 102 Å². The molecule has 1 aromatic heterocycles. The van der Waals surface area contributed by atoms with Crippen molar-refractivity contribution in [2.24, 2.45) is 0 Å². The molecule has 0 aliphatic carbocycles. The Labute approximate surface area is 104 Å². The van der Waals surface area contributed by atoms with E-state index in [0.717, 1.165) is 0 Å². The second-order valence-corrected chi connectivity index (χ2v) is 6.53. The van der Waals surface area contributed by atoms with E-state index < -0.39 is 14.8 Å². The molecule has 1 fully saturated rings. The van der Waals surface area contributed by atoms with Crippen molar-refractivity contribution in [1.29, 1.82) is 0 Å². The van der Waals surface area contributed by atoms with Crippen molar-refractivity contribution in [1.82, 2.24) is 4.98 Å². The number of nitrogens with one attached hydrogen (secondary N) is 1. The van der Waals surface area contributed by atoms with Gasteiger partial charge in [0.2, 0.25) is 0 Å². The highest BCUT2D eigenvalue weighted by Gasteiger charge is 2.28. The summed E-state index contributed by atoms with van der Waals surface area (Å²) in [7, 11) is -2.95. The third-order valence-corrected chi connectivity index (χ3v) is 4.61. The van der Waals surface area contributed by atoms with E-state index >= 15 is 0 Å². The Hall–Kier alpha value is -1.70. The lowest BCUT2D eigenvalue weighted by molar-refractivity contribution is -0.385. The smallest absolute Gasteiger partial charge is 0.290 e. The number of pyridine rings is 1. The third-order valence-electron chi connectivity index (χ3n) is 2.84. The molecule has 1 atom stereocenters. The van der Waals surface area contributed by atoms with Gasteiger partial charge in [-0.15, -0.1) is 0 Å². The first-order valence-electron chi connectivity index (χ1n) is 5.46. The third kappa shape index (κ3) is 2.76. The molecule has 1 N–H and O–H groups in total. The summed E-state index contributed by atoms with van der Waals surface area (Å²) in [4.78, 5) is 14.2. The predicted molar refractivity (Wildman–Crippen MR) is 66.3 cm³/mol. The van der Waals surface area contributed by atoms with Gasteiger partial charge in [0, 0.05) is 12.1 Å². The van der Waals surface area contributed by atoms with Crippen molar-refractivity contribution in [3.8, 4) is 0 Å². The van der Waals surface area contributed by atoms with Crippen molar-refractivity contribution < 1.29 is 13.3 Å². The average molecular weight is 271 g/mol. The molecule has 7 nitrogen and oxygen atoms in total. The van der Waals surface area contributed by atoms with Gasteiger partial charge < -0.3 is 5.32 Å². The number of rotatable bonds is 3. The lowest BCUT2D eigenvalue weighted by Crippen LogP contribution is -2.21. The Morgan fingerprint density at radius 1 is 1.50 bits per heavy atom. The Balaban J connectivity index is 2.12. The van der Waals surface area contributed by atoms with Crippen LogP contribution in [0.5, 0.6) is 0 Å². The normalized spacial score (nSPS) is 21.7. The number of nitrogens with zero attached hydrogens (tertiary/aromatic N) is 2. The highest BCUT2D eigenvalue weighted by atomic mass is 32.2. The highest BCUT2D eigenvalue weighted by molar-refractivity contribution is 7.91. The van der Waals surface area contributed by atoms with Crippen LogP contribution in [0.15, 0.2) is 12.1 Å². The minimum atomic E-state index is -2.95. The monoisotopic (exact) mass is 271 g/mol. The molecule has 18 heavy (non-hydrogen) atoms. The van der Waals surface area contributed by atoms with Gasteiger partial charge in [-0.1, -0.05) is 0 Å². The number of nitro groups is 1. The summed E-state index contributed by atoms with van der Waals surface area (Å²) in [5, 5.41) is 13.6. The van der Waals surface area contributed by atoms with Crippen molar-refractivity contribution in [3.05, 3.63) is 27.9 Å². The summed E-state index contributed by atoms with van der Waals surface area (Å²) in [5.74, 6) is 0.738. The number of hydrogen-bond donors (Lipinski definition) is 1. The maximum absolute atomic E-state index is 11.3. The fraction of sp³-hybridized carbons (Fsp3) is 0.500. The van der Waals surface area contributed by atoms with Crippen LogP contribution in [0.25, 0.3) is 0 Å². The number of hydrogen-bond acceptors (Lipinski definition) is 6. The van der Waals surface area contributed by atoms with Gasteiger partial charge >= 0.3 is 0 Å². The van der Waals surface area contributed by atoms with Gasteiger partial charge in [0.1, 0.15) is 11.5 Å². The van der Waals surface area contributed by atoms with Crippen molar-refractivity contribution in [3.63, 3.8) is 0 Å². The van der Waals surface area contributed by atoms with Crippen molar-refractivity contribution in [2.75, 3.05) is 16.8 Å². The SMILES string of the molecule is Cc1nc(NC2CCS(=O)(=O)C2)ccc1[N+](=O)[O-]. The van der Waals surface area contributed by atoms with Gasteiger partial charge in [0.15, 0.2) is 9.84 Å². The minimum Gasteiger partial charge on any atom is -0.366 e. The zero-order chi connectivity index (χ0) is 13.3. The van der Waals surface area contributed by atoms with Crippen LogP contribution in [0.4, 0.5) is 11.5 Å². The molecule has 1 saturated heterocycles. The lowest BCUT2D eigenvalue weighted by atomic mass is 10.2. The lowest BCUT2D eigenvalue weighted by Gasteiger charge is -2.11. The van der Waals surface area contributed by atoms with Gasteiger partial charge in [-0.25, -0.2) is 13.4 Å². The molecule has 0 aromatic carbocycles. The van der Waals surface area contributed by atoms with E-state index in [0.29, 0.717) is 17.9 Å². The van der Waals surface area contributed by atoms with E-state index in [1.807, 2.05) is 0 Å². The molecule has 2 rings (SSSR count). The Kier molecular flexibility index (Phi) is 3.20. The summed E-state index contributed by atoms with van der Waals surface area (Å²) in [6.07, 6.45) is 0.542. The van der Waals surface area contributed by atoms with Crippen LogP contribution in [0.2, 0.25) is 0 Å². The zero-order valence-electron chi connectivity index (χ0n) is 9.79. The first kappa shape index (κ1) is 12.7. The van der Waals surface area contributed by atoms with Gasteiger partial charge in [0.05, 0.1) is 16.4 Å². The summed E-state index contributed by atoms with van der Waals surface area (Å²) in [6, 6.07) is 2.70. The summed E-state index contributed by atoms with van der Waals surface area (Å²) in [5.41, 5.74) is 0.269. The molecule has 1 aromatic rings. The van der Waals surface area contributed by atoms with E-state index in [2.05, 4.69) is 10.3 Å². The molecule has 0 spiro atoms. The van der Waals surface area contributed by atoms with Crippen molar-refractivity contribution >= 4 is 21.3 Å². The second kappa shape index (κ2) is 4.52. The molecule has 0 amide bonds. The molecule has 1 aliphatic rings. The molecule has 0 bridgehead atoms. The van der Waals surface area contributed by atoms with Crippen LogP contribution in [0.3, 0.4) is 0 Å². The Bertz CT molecular complexity index is 585. The van der Waals surface area contributed by atoms with E-state index in [4.69, 9.17) is 0 Å². The molecule has 98 valence electrons. The highest BCUT2D eigenvalue weighted by Crippen LogP contribution is 2.20. The predicted octanol–water partition coefficient (Wildman–Crippen LogP) is 0.897. The molecular formula is C10H13N3O4S. The van der Waals surface area contributed by atoms with Gasteiger partial charge in [-0.05, 0) is 19.4 Å². The fourth-order valence-corrected chi connectivity index (χ4v) is 3.62. The van der Waals surface area contributed by atoms with Crippen molar-refractivity contribution in [2.45, 2.75) is 19.4 Å². The Morgan fingerprint density at radius 2 is 2.22 bits per heavy atom. The molecule has 1 unspecified atom stereocenters. The quantitative estimate of drug-likeness (QED) is 0.647. The van der Waals surface area contributed by atoms with Gasteiger partial charge in [-0.3, -0.25) is 10.1 Å². The minimum absolute atomic E-state index is 0.0420. The summed E-state index contributed by atoms with van der Waals surface area (Å²) in [6.45, 7) is 1.55. The molecule has 8 heteroatoms. The summed E-state index contributed by atoms with van der Waals surface area (Å²) >= 11 is 0. The number of anilines is 1. The first-order valence-corrected chi connectivity index (χ1v) is 7.28. The first-order chi connectivity index (χ1) is 8.37. The van der Waals surface area contributed by atoms with Crippen LogP contribution >= 0.6 is 0 Å². The van der Waals surface area contributed by atoms with Crippen LogP contribution in [-0.2, 0) is 9.84 Å². The number of sulfone groups is 1. The molecular weight excluding hydrogens is 258 g/mol. The second-order valence-electron chi connectivity index (χ2n) is 4.30. The van der Waals surface area contributed by atoms with Crippen LogP contribution in [0, 0.1) is 17.0 Å². The Morgan fingerprint density at radius 3 is 2.72 bits per heavy atom. The van der Waals surface area contributed by atoms with Crippen LogP contribution < -0.4 is 5.32 Å². The maximum atomic E-state index is 11.3. The largest absolute Gasteiger partial charge is 0.366 e. The average Bonchev–Trinajstić information content (AvgIpc) is 2.57.